The summed E-state index contributed by atoms with van der Waals surface area (Å²) in [5.41, 5.74) is 2.20. The van der Waals surface area contributed by atoms with Crippen molar-refractivity contribution in [1.82, 2.24) is 10.2 Å². The van der Waals surface area contributed by atoms with E-state index in [-0.39, 0.29) is 11.5 Å². The van der Waals surface area contributed by atoms with Gasteiger partial charge < -0.3 is 10.1 Å². The van der Waals surface area contributed by atoms with Gasteiger partial charge in [0.25, 0.3) is 11.5 Å². The maximum absolute atomic E-state index is 12.4. The van der Waals surface area contributed by atoms with Crippen LogP contribution in [0.15, 0.2) is 65.5 Å². The third-order valence-electron chi connectivity index (χ3n) is 3.45. The molecule has 1 aromatic heterocycles. The van der Waals surface area contributed by atoms with Crippen molar-refractivity contribution in [2.45, 2.75) is 0 Å². The molecule has 3 aromatic rings. The van der Waals surface area contributed by atoms with Crippen molar-refractivity contribution in [3.63, 3.8) is 0 Å². The number of para-hydroxylation sites is 1. The molecule has 120 valence electrons. The van der Waals surface area contributed by atoms with E-state index in [1.165, 1.54) is 13.2 Å². The molecule has 1 amide bonds. The minimum atomic E-state index is -0.265. The van der Waals surface area contributed by atoms with Crippen LogP contribution in [0.3, 0.4) is 0 Å². The Labute approximate surface area is 138 Å². The van der Waals surface area contributed by atoms with Gasteiger partial charge in [0.15, 0.2) is 0 Å². The zero-order valence-electron chi connectivity index (χ0n) is 12.9. The number of nitrogens with one attached hydrogen (secondary N) is 2. The van der Waals surface area contributed by atoms with E-state index in [0.29, 0.717) is 22.7 Å². The Morgan fingerprint density at radius 3 is 2.67 bits per heavy atom. The zero-order valence-corrected chi connectivity index (χ0v) is 12.9. The summed E-state index contributed by atoms with van der Waals surface area (Å²) in [6.45, 7) is 0. The number of nitrogens with zero attached hydrogens (tertiary/aromatic N) is 1. The molecule has 0 aliphatic rings. The molecular weight excluding hydrogens is 306 g/mol. The molecule has 0 bridgehead atoms. The monoisotopic (exact) mass is 321 g/mol. The number of rotatable bonds is 4. The second kappa shape index (κ2) is 6.78. The summed E-state index contributed by atoms with van der Waals surface area (Å²) >= 11 is 0. The van der Waals surface area contributed by atoms with Gasteiger partial charge in [0.2, 0.25) is 0 Å². The van der Waals surface area contributed by atoms with E-state index in [1.54, 1.807) is 48.5 Å². The molecular formula is C18H15N3O3. The molecule has 2 aromatic carbocycles. The molecule has 0 unspecified atom stereocenters. The Balaban J connectivity index is 1.85. The molecule has 0 aliphatic heterocycles. The average molecular weight is 321 g/mol. The molecule has 6 nitrogen and oxygen atoms in total. The second-order valence-electron chi connectivity index (χ2n) is 5.04. The van der Waals surface area contributed by atoms with Crippen molar-refractivity contribution >= 4 is 11.6 Å². The predicted octanol–water partition coefficient (Wildman–Crippen LogP) is 2.70. The van der Waals surface area contributed by atoms with Crippen molar-refractivity contribution in [3.05, 3.63) is 76.6 Å². The maximum Gasteiger partial charge on any atom is 0.264 e. The van der Waals surface area contributed by atoms with E-state index < -0.39 is 0 Å². The standard InChI is InChI=1S/C18H15N3O3/c1-24-16-8-3-2-7-14(16)18(23)19-13-6-4-5-12(11-13)15-9-10-17(22)21-20-15/h2-11H,1H3,(H,19,23)(H,21,22). The van der Waals surface area contributed by atoms with Crippen molar-refractivity contribution in [1.29, 1.82) is 0 Å². The van der Waals surface area contributed by atoms with Crippen molar-refractivity contribution in [2.75, 3.05) is 12.4 Å². The van der Waals surface area contributed by atoms with Crippen LogP contribution in [-0.2, 0) is 0 Å². The first-order valence-electron chi connectivity index (χ1n) is 7.28. The van der Waals surface area contributed by atoms with Gasteiger partial charge in [0, 0.05) is 17.3 Å². The second-order valence-corrected chi connectivity index (χ2v) is 5.04. The number of anilines is 1. The summed E-state index contributed by atoms with van der Waals surface area (Å²) in [6.07, 6.45) is 0. The normalized spacial score (nSPS) is 10.2. The Morgan fingerprint density at radius 2 is 1.92 bits per heavy atom. The topological polar surface area (TPSA) is 84.1 Å². The fourth-order valence-corrected chi connectivity index (χ4v) is 2.29. The fraction of sp³-hybridized carbons (Fsp3) is 0.0556. The summed E-state index contributed by atoms with van der Waals surface area (Å²) in [5.74, 6) is 0.243. The number of methoxy groups -OCH3 is 1. The summed E-state index contributed by atoms with van der Waals surface area (Å²) in [7, 11) is 1.52. The van der Waals surface area contributed by atoms with E-state index in [1.807, 2.05) is 6.07 Å². The van der Waals surface area contributed by atoms with E-state index in [9.17, 15) is 9.59 Å². The largest absolute Gasteiger partial charge is 0.496 e. The van der Waals surface area contributed by atoms with Crippen LogP contribution in [0, 0.1) is 0 Å². The molecule has 2 N–H and O–H groups in total. The Morgan fingerprint density at radius 1 is 1.08 bits per heavy atom. The summed E-state index contributed by atoms with van der Waals surface area (Å²) < 4.78 is 5.20. The minimum Gasteiger partial charge on any atom is -0.496 e. The van der Waals surface area contributed by atoms with Gasteiger partial charge in [-0.1, -0.05) is 24.3 Å². The first kappa shape index (κ1) is 15.5. The Kier molecular flexibility index (Phi) is 4.38. The van der Waals surface area contributed by atoms with Gasteiger partial charge in [-0.15, -0.1) is 0 Å². The lowest BCUT2D eigenvalue weighted by Crippen LogP contribution is -2.13. The summed E-state index contributed by atoms with van der Waals surface area (Å²) in [5, 5.41) is 9.21. The quantitative estimate of drug-likeness (QED) is 0.774. The van der Waals surface area contributed by atoms with Crippen LogP contribution in [0.25, 0.3) is 11.3 Å². The first-order chi connectivity index (χ1) is 11.7. The number of hydrogen-bond acceptors (Lipinski definition) is 4. The molecule has 1 heterocycles. The number of benzene rings is 2. The lowest BCUT2D eigenvalue weighted by atomic mass is 10.1. The molecule has 0 saturated heterocycles. The van der Waals surface area contributed by atoms with Crippen LogP contribution in [-0.4, -0.2) is 23.2 Å². The van der Waals surface area contributed by atoms with E-state index in [2.05, 4.69) is 15.5 Å². The van der Waals surface area contributed by atoms with Gasteiger partial charge in [-0.05, 0) is 30.3 Å². The van der Waals surface area contributed by atoms with Crippen LogP contribution in [0.1, 0.15) is 10.4 Å². The number of carbonyl (C=O) groups excluding carboxylic acids is 1. The molecule has 0 fully saturated rings. The number of aromatic amines is 1. The van der Waals surface area contributed by atoms with Crippen LogP contribution >= 0.6 is 0 Å². The molecule has 0 spiro atoms. The van der Waals surface area contributed by atoms with Crippen molar-refractivity contribution in [2.24, 2.45) is 0 Å². The highest BCUT2D eigenvalue weighted by atomic mass is 16.5. The van der Waals surface area contributed by atoms with Gasteiger partial charge in [-0.25, -0.2) is 5.10 Å². The Bertz CT molecular complexity index is 914. The number of amides is 1. The molecule has 0 saturated carbocycles. The highest BCUT2D eigenvalue weighted by Gasteiger charge is 2.12. The smallest absolute Gasteiger partial charge is 0.264 e. The molecule has 24 heavy (non-hydrogen) atoms. The first-order valence-corrected chi connectivity index (χ1v) is 7.28. The highest BCUT2D eigenvalue weighted by Crippen LogP contribution is 2.22. The molecule has 6 heteroatoms. The number of H-pyrrole nitrogens is 1. The van der Waals surface area contributed by atoms with Gasteiger partial charge in [-0.3, -0.25) is 9.59 Å². The number of ether oxygens (including phenoxy) is 1. The minimum absolute atomic E-state index is 0.264. The van der Waals surface area contributed by atoms with E-state index in [4.69, 9.17) is 4.74 Å². The Hall–Kier alpha value is -3.41. The summed E-state index contributed by atoms with van der Waals surface area (Å²) in [6, 6.07) is 17.3. The molecule has 0 radical (unpaired) electrons. The number of carbonyl (C=O) groups is 1. The SMILES string of the molecule is COc1ccccc1C(=O)Nc1cccc(-c2ccc(=O)[nH]n2)c1. The van der Waals surface area contributed by atoms with Crippen molar-refractivity contribution in [3.8, 4) is 17.0 Å². The van der Waals surface area contributed by atoms with Gasteiger partial charge in [0.05, 0.1) is 18.4 Å². The van der Waals surface area contributed by atoms with E-state index >= 15 is 0 Å². The lowest BCUT2D eigenvalue weighted by Gasteiger charge is -2.10. The average Bonchev–Trinajstić information content (AvgIpc) is 2.62. The zero-order chi connectivity index (χ0) is 16.9. The molecule has 3 rings (SSSR count). The maximum atomic E-state index is 12.4. The van der Waals surface area contributed by atoms with Gasteiger partial charge >= 0.3 is 0 Å². The highest BCUT2D eigenvalue weighted by molar-refractivity contribution is 6.06. The molecule has 0 aliphatic carbocycles. The third-order valence-corrected chi connectivity index (χ3v) is 3.45. The molecule has 0 atom stereocenters. The number of aromatic nitrogens is 2. The van der Waals surface area contributed by atoms with Crippen LogP contribution in [0.2, 0.25) is 0 Å². The van der Waals surface area contributed by atoms with Crippen LogP contribution in [0.5, 0.6) is 5.75 Å². The predicted molar refractivity (Wildman–Crippen MR) is 91.2 cm³/mol. The lowest BCUT2D eigenvalue weighted by molar-refractivity contribution is 0.102. The summed E-state index contributed by atoms with van der Waals surface area (Å²) in [4.78, 5) is 23.5. The van der Waals surface area contributed by atoms with E-state index in [0.717, 1.165) is 5.56 Å². The van der Waals surface area contributed by atoms with Crippen LogP contribution in [0.4, 0.5) is 5.69 Å². The number of hydrogen-bond donors (Lipinski definition) is 2. The van der Waals surface area contributed by atoms with Crippen LogP contribution < -0.4 is 15.6 Å². The fourth-order valence-electron chi connectivity index (χ4n) is 2.29. The van der Waals surface area contributed by atoms with Gasteiger partial charge in [-0.2, -0.15) is 5.10 Å². The van der Waals surface area contributed by atoms with Gasteiger partial charge in [0.1, 0.15) is 5.75 Å². The van der Waals surface area contributed by atoms with Crippen molar-refractivity contribution < 1.29 is 9.53 Å². The third kappa shape index (κ3) is 3.33.